The third kappa shape index (κ3) is 4.33. The summed E-state index contributed by atoms with van der Waals surface area (Å²) in [6.45, 7) is 3.65. The van der Waals surface area contributed by atoms with E-state index in [0.717, 1.165) is 11.3 Å². The Kier molecular flexibility index (Phi) is 5.92. The molecule has 3 N–H and O–H groups in total. The number of hydrogen-bond donors (Lipinski definition) is 2. The van der Waals surface area contributed by atoms with Gasteiger partial charge < -0.3 is 15.6 Å². The van der Waals surface area contributed by atoms with Crippen LogP contribution < -0.4 is 11.1 Å². The molecule has 0 unspecified atom stereocenters. The molecule has 0 aliphatic carbocycles. The minimum atomic E-state index is -0.460. The fourth-order valence-corrected chi connectivity index (χ4v) is 4.70. The molecule has 4 rings (SSSR count). The SMILES string of the molecule is Cc1noc(C)c1[C@@H]1C[C@@H](c2cc(NC(=O)c3ccc(C#N)cn3)ccc2F)SC(N)=N1. The number of aliphatic imine (C=N–C) groups is 1. The van der Waals surface area contributed by atoms with Crippen LogP contribution in [-0.4, -0.2) is 21.2 Å². The highest BCUT2D eigenvalue weighted by Crippen LogP contribution is 2.45. The van der Waals surface area contributed by atoms with E-state index in [4.69, 9.17) is 15.5 Å². The van der Waals surface area contributed by atoms with Crippen molar-refractivity contribution >= 4 is 28.5 Å². The van der Waals surface area contributed by atoms with Crippen LogP contribution in [0.4, 0.5) is 10.1 Å². The van der Waals surface area contributed by atoms with E-state index in [1.54, 1.807) is 6.07 Å². The Morgan fingerprint density at radius 3 is 2.81 bits per heavy atom. The zero-order chi connectivity index (χ0) is 22.8. The number of nitriles is 1. The number of hydrogen-bond acceptors (Lipinski definition) is 8. The highest BCUT2D eigenvalue weighted by molar-refractivity contribution is 8.14. The van der Waals surface area contributed by atoms with E-state index in [1.807, 2.05) is 19.9 Å². The van der Waals surface area contributed by atoms with Crippen molar-refractivity contribution in [1.29, 1.82) is 5.26 Å². The van der Waals surface area contributed by atoms with Gasteiger partial charge in [-0.3, -0.25) is 9.79 Å². The topological polar surface area (TPSA) is 130 Å². The molecule has 0 fully saturated rings. The van der Waals surface area contributed by atoms with Crippen LogP contribution >= 0.6 is 11.8 Å². The second kappa shape index (κ2) is 8.80. The first-order chi connectivity index (χ1) is 15.4. The number of carbonyl (C=O) groups is 1. The molecule has 0 saturated heterocycles. The Balaban J connectivity index is 1.57. The van der Waals surface area contributed by atoms with Gasteiger partial charge in [-0.05, 0) is 50.6 Å². The summed E-state index contributed by atoms with van der Waals surface area (Å²) in [5.74, 6) is -0.201. The zero-order valence-corrected chi connectivity index (χ0v) is 18.1. The van der Waals surface area contributed by atoms with Crippen LogP contribution in [0.2, 0.25) is 0 Å². The fourth-order valence-electron chi connectivity index (χ4n) is 3.63. The van der Waals surface area contributed by atoms with Crippen LogP contribution in [0.1, 0.15) is 56.3 Å². The predicted octanol–water partition coefficient (Wildman–Crippen LogP) is 4.18. The molecule has 32 heavy (non-hydrogen) atoms. The van der Waals surface area contributed by atoms with Gasteiger partial charge in [-0.25, -0.2) is 9.37 Å². The van der Waals surface area contributed by atoms with Gasteiger partial charge in [0.25, 0.3) is 5.91 Å². The van der Waals surface area contributed by atoms with Gasteiger partial charge in [-0.15, -0.1) is 0 Å². The molecule has 162 valence electrons. The van der Waals surface area contributed by atoms with E-state index in [1.165, 1.54) is 42.2 Å². The maximum absolute atomic E-state index is 14.8. The molecule has 2 atom stereocenters. The summed E-state index contributed by atoms with van der Waals surface area (Å²) in [5.41, 5.74) is 8.99. The first kappa shape index (κ1) is 21.5. The Morgan fingerprint density at radius 1 is 1.34 bits per heavy atom. The number of carbonyl (C=O) groups excluding carboxylic acids is 1. The van der Waals surface area contributed by atoms with E-state index < -0.39 is 11.7 Å². The van der Waals surface area contributed by atoms with Crippen molar-refractivity contribution < 1.29 is 13.7 Å². The number of aryl methyl sites for hydroxylation is 2. The van der Waals surface area contributed by atoms with Crippen molar-refractivity contribution in [3.63, 3.8) is 0 Å². The molecule has 2 aromatic heterocycles. The number of halogens is 1. The van der Waals surface area contributed by atoms with Gasteiger partial charge in [0, 0.05) is 28.3 Å². The predicted molar refractivity (Wildman–Crippen MR) is 119 cm³/mol. The lowest BCUT2D eigenvalue weighted by molar-refractivity contribution is 0.102. The monoisotopic (exact) mass is 450 g/mol. The van der Waals surface area contributed by atoms with Crippen LogP contribution in [0.15, 0.2) is 46.0 Å². The number of rotatable bonds is 4. The fraction of sp³-hybridized carbons (Fsp3) is 0.227. The van der Waals surface area contributed by atoms with Crippen LogP contribution in [0.25, 0.3) is 0 Å². The number of anilines is 1. The maximum Gasteiger partial charge on any atom is 0.274 e. The lowest BCUT2D eigenvalue weighted by atomic mass is 9.97. The summed E-state index contributed by atoms with van der Waals surface area (Å²) >= 11 is 1.28. The Morgan fingerprint density at radius 2 is 2.16 bits per heavy atom. The van der Waals surface area contributed by atoms with Crippen molar-refractivity contribution in [1.82, 2.24) is 10.1 Å². The average Bonchev–Trinajstić information content (AvgIpc) is 3.12. The highest BCUT2D eigenvalue weighted by atomic mass is 32.2. The summed E-state index contributed by atoms with van der Waals surface area (Å²) in [4.78, 5) is 21.0. The number of aromatic nitrogens is 2. The number of nitrogens with two attached hydrogens (primary N) is 1. The lowest BCUT2D eigenvalue weighted by Crippen LogP contribution is -2.20. The molecule has 3 aromatic rings. The largest absolute Gasteiger partial charge is 0.379 e. The highest BCUT2D eigenvalue weighted by Gasteiger charge is 2.31. The normalized spacial score (nSPS) is 18.0. The van der Waals surface area contributed by atoms with Crippen molar-refractivity contribution in [3.05, 3.63) is 76.2 Å². The number of amides is 1. The molecular formula is C22H19FN6O2S. The molecule has 1 aliphatic heterocycles. The molecule has 3 heterocycles. The van der Waals surface area contributed by atoms with Crippen molar-refractivity contribution in [2.75, 3.05) is 5.32 Å². The number of benzene rings is 1. The Labute approximate surface area is 187 Å². The van der Waals surface area contributed by atoms with E-state index in [-0.39, 0.29) is 17.0 Å². The minimum absolute atomic E-state index is 0.150. The first-order valence-corrected chi connectivity index (χ1v) is 10.6. The quantitative estimate of drug-likeness (QED) is 0.609. The standard InChI is InChI=1S/C22H19FN6O2S/c1-11-20(12(2)31-29-11)18-8-19(32-22(25)28-18)15-7-14(4-5-16(15)23)27-21(30)17-6-3-13(9-24)10-26-17/h3-7,10,18-19H,8H2,1-2H3,(H2,25,28)(H,27,30)/t18-,19-/m0/s1. The zero-order valence-electron chi connectivity index (χ0n) is 17.3. The minimum Gasteiger partial charge on any atom is -0.379 e. The average molecular weight is 450 g/mol. The maximum atomic E-state index is 14.8. The van der Waals surface area contributed by atoms with E-state index in [9.17, 15) is 9.18 Å². The molecule has 0 radical (unpaired) electrons. The number of thioether (sulfide) groups is 1. The van der Waals surface area contributed by atoms with Gasteiger partial charge in [0.2, 0.25) is 0 Å². The van der Waals surface area contributed by atoms with Crippen LogP contribution in [0.3, 0.4) is 0 Å². The smallest absolute Gasteiger partial charge is 0.274 e. The van der Waals surface area contributed by atoms with Gasteiger partial charge in [-0.1, -0.05) is 16.9 Å². The number of nitrogens with zero attached hydrogens (tertiary/aromatic N) is 4. The van der Waals surface area contributed by atoms with Gasteiger partial charge in [0.15, 0.2) is 5.17 Å². The molecule has 0 saturated carbocycles. The van der Waals surface area contributed by atoms with Crippen LogP contribution in [-0.2, 0) is 0 Å². The molecule has 1 amide bonds. The molecule has 1 aromatic carbocycles. The van der Waals surface area contributed by atoms with E-state index >= 15 is 0 Å². The first-order valence-electron chi connectivity index (χ1n) is 9.75. The van der Waals surface area contributed by atoms with Crippen molar-refractivity contribution in [3.8, 4) is 6.07 Å². The number of nitrogens with one attached hydrogen (secondary N) is 1. The van der Waals surface area contributed by atoms with Gasteiger partial charge in [0.1, 0.15) is 23.3 Å². The molecule has 10 heteroatoms. The van der Waals surface area contributed by atoms with E-state index in [2.05, 4.69) is 20.4 Å². The summed E-state index contributed by atoms with van der Waals surface area (Å²) in [7, 11) is 0. The summed E-state index contributed by atoms with van der Waals surface area (Å²) in [6.07, 6.45) is 1.82. The molecule has 1 aliphatic rings. The third-order valence-corrected chi connectivity index (χ3v) is 6.21. The summed E-state index contributed by atoms with van der Waals surface area (Å²) in [5, 5.41) is 15.6. The van der Waals surface area contributed by atoms with Crippen molar-refractivity contribution in [2.45, 2.75) is 31.6 Å². The van der Waals surface area contributed by atoms with Gasteiger partial charge in [-0.2, -0.15) is 5.26 Å². The third-order valence-electron chi connectivity index (χ3n) is 5.13. The Bertz CT molecular complexity index is 1230. The molecule has 8 nitrogen and oxygen atoms in total. The van der Waals surface area contributed by atoms with Gasteiger partial charge >= 0.3 is 0 Å². The molecule has 0 spiro atoms. The molecule has 0 bridgehead atoms. The lowest BCUT2D eigenvalue weighted by Gasteiger charge is -2.26. The van der Waals surface area contributed by atoms with Crippen molar-refractivity contribution in [2.24, 2.45) is 10.7 Å². The second-order valence-electron chi connectivity index (χ2n) is 7.30. The van der Waals surface area contributed by atoms with Crippen LogP contribution in [0, 0.1) is 31.0 Å². The second-order valence-corrected chi connectivity index (χ2v) is 8.52. The van der Waals surface area contributed by atoms with Gasteiger partial charge in [0.05, 0.1) is 17.3 Å². The Hall–Kier alpha value is -3.71. The van der Waals surface area contributed by atoms with E-state index in [0.29, 0.717) is 34.2 Å². The molecular weight excluding hydrogens is 431 g/mol. The number of pyridine rings is 1. The van der Waals surface area contributed by atoms with Crippen LogP contribution in [0.5, 0.6) is 0 Å². The summed E-state index contributed by atoms with van der Waals surface area (Å²) in [6, 6.07) is 9.01. The summed E-state index contributed by atoms with van der Waals surface area (Å²) < 4.78 is 20.0. The number of amidine groups is 1.